The van der Waals surface area contributed by atoms with Crippen molar-refractivity contribution in [3.05, 3.63) is 0 Å². The topological polar surface area (TPSA) is 55.9 Å². The normalized spacial score (nSPS) is 19.9. The molecule has 0 atom stereocenters. The van der Waals surface area contributed by atoms with Gasteiger partial charge in [0.1, 0.15) is 0 Å². The molecule has 156 valence electrons. The lowest BCUT2D eigenvalue weighted by Crippen LogP contribution is -2.47. The number of amides is 2. The Balaban J connectivity index is 1.69. The van der Waals surface area contributed by atoms with Crippen LogP contribution in [0.4, 0.5) is 0 Å². The van der Waals surface area contributed by atoms with Crippen molar-refractivity contribution in [3.63, 3.8) is 0 Å². The van der Waals surface area contributed by atoms with Gasteiger partial charge in [-0.1, -0.05) is 20.8 Å². The number of likely N-dealkylation sites (N-methyl/N-ethyl adjacent to an activating group) is 2. The predicted molar refractivity (Wildman–Crippen MR) is 109 cm³/mol. The third-order valence-electron chi connectivity index (χ3n) is 6.06. The van der Waals surface area contributed by atoms with Gasteiger partial charge in [0.15, 0.2) is 0 Å². The first-order valence-corrected chi connectivity index (χ1v) is 10.9. The summed E-state index contributed by atoms with van der Waals surface area (Å²) in [5, 5.41) is 3.13. The van der Waals surface area contributed by atoms with Gasteiger partial charge in [0.2, 0.25) is 11.8 Å². The molecule has 2 aliphatic rings. The van der Waals surface area contributed by atoms with Crippen LogP contribution < -0.4 is 5.32 Å². The van der Waals surface area contributed by atoms with E-state index in [1.807, 2.05) is 18.9 Å². The average molecular weight is 381 g/mol. The fourth-order valence-electron chi connectivity index (χ4n) is 4.60. The zero-order chi connectivity index (χ0) is 19.8. The van der Waals surface area contributed by atoms with Crippen molar-refractivity contribution < 1.29 is 9.59 Å². The number of carbonyl (C=O) groups excluding carboxylic acids is 2. The maximum absolute atomic E-state index is 12.5. The largest absolute Gasteiger partial charge is 0.342 e. The van der Waals surface area contributed by atoms with Gasteiger partial charge in [-0.05, 0) is 57.0 Å². The maximum Gasteiger partial charge on any atom is 0.236 e. The third kappa shape index (κ3) is 7.07. The lowest BCUT2D eigenvalue weighted by atomic mass is 9.78. The van der Waals surface area contributed by atoms with Crippen molar-refractivity contribution in [2.75, 3.05) is 59.4 Å². The summed E-state index contributed by atoms with van der Waals surface area (Å²) in [5.41, 5.74) is 0. The van der Waals surface area contributed by atoms with Crippen LogP contribution in [0.25, 0.3) is 0 Å². The van der Waals surface area contributed by atoms with E-state index >= 15 is 0 Å². The fraction of sp³-hybridized carbons (Fsp3) is 0.905. The third-order valence-corrected chi connectivity index (χ3v) is 6.06. The average Bonchev–Trinajstić information content (AvgIpc) is 2.65. The summed E-state index contributed by atoms with van der Waals surface area (Å²) in [6.07, 6.45) is 4.48. The first-order chi connectivity index (χ1) is 12.9. The molecule has 6 heteroatoms. The zero-order valence-corrected chi connectivity index (χ0v) is 17.9. The van der Waals surface area contributed by atoms with Crippen molar-refractivity contribution in [2.45, 2.75) is 46.5 Å². The molecule has 27 heavy (non-hydrogen) atoms. The van der Waals surface area contributed by atoms with Crippen molar-refractivity contribution in [2.24, 2.45) is 17.8 Å². The second-order valence-corrected chi connectivity index (χ2v) is 8.81. The van der Waals surface area contributed by atoms with Gasteiger partial charge >= 0.3 is 0 Å². The van der Waals surface area contributed by atoms with Gasteiger partial charge in [0.05, 0.1) is 13.1 Å². The summed E-state index contributed by atoms with van der Waals surface area (Å²) in [6, 6.07) is 0. The van der Waals surface area contributed by atoms with Crippen LogP contribution in [0.1, 0.15) is 46.5 Å². The predicted octanol–water partition coefficient (Wildman–Crippen LogP) is 1.66. The zero-order valence-electron chi connectivity index (χ0n) is 17.9. The summed E-state index contributed by atoms with van der Waals surface area (Å²) in [4.78, 5) is 30.9. The number of nitrogens with one attached hydrogen (secondary N) is 1. The second-order valence-electron chi connectivity index (χ2n) is 8.81. The van der Waals surface area contributed by atoms with Crippen LogP contribution in [0.2, 0.25) is 0 Å². The van der Waals surface area contributed by atoms with E-state index in [-0.39, 0.29) is 11.8 Å². The molecule has 6 nitrogen and oxygen atoms in total. The Labute approximate surface area is 165 Å². The first kappa shape index (κ1) is 22.2. The van der Waals surface area contributed by atoms with E-state index in [9.17, 15) is 9.59 Å². The highest BCUT2D eigenvalue weighted by atomic mass is 16.2. The lowest BCUT2D eigenvalue weighted by molar-refractivity contribution is -0.135. The minimum Gasteiger partial charge on any atom is -0.342 e. The van der Waals surface area contributed by atoms with Crippen LogP contribution in [-0.2, 0) is 9.59 Å². The molecular weight excluding hydrogens is 340 g/mol. The van der Waals surface area contributed by atoms with Gasteiger partial charge < -0.3 is 15.1 Å². The minimum atomic E-state index is 0.237. The van der Waals surface area contributed by atoms with E-state index in [1.165, 1.54) is 0 Å². The molecule has 2 rings (SSSR count). The van der Waals surface area contributed by atoms with Gasteiger partial charge in [0.25, 0.3) is 0 Å². The Hall–Kier alpha value is -1.14. The monoisotopic (exact) mass is 380 g/mol. The second kappa shape index (κ2) is 11.0. The fourth-order valence-corrected chi connectivity index (χ4v) is 4.60. The molecule has 0 aromatic rings. The Morgan fingerprint density at radius 3 is 1.89 bits per heavy atom. The van der Waals surface area contributed by atoms with Gasteiger partial charge in [0, 0.05) is 32.7 Å². The molecule has 1 N–H and O–H groups in total. The number of hydrogen-bond acceptors (Lipinski definition) is 4. The highest BCUT2D eigenvalue weighted by molar-refractivity contribution is 5.78. The molecule has 0 aliphatic carbocycles. The van der Waals surface area contributed by atoms with Crippen LogP contribution in [0.5, 0.6) is 0 Å². The smallest absolute Gasteiger partial charge is 0.236 e. The van der Waals surface area contributed by atoms with Crippen LogP contribution in [-0.4, -0.2) is 85.9 Å². The molecule has 0 spiro atoms. The van der Waals surface area contributed by atoms with E-state index in [1.54, 1.807) is 0 Å². The summed E-state index contributed by atoms with van der Waals surface area (Å²) in [7, 11) is 2.04. The molecular formula is C21H40N4O2. The summed E-state index contributed by atoms with van der Waals surface area (Å²) >= 11 is 0. The molecule has 0 saturated carbocycles. The molecule has 2 fully saturated rings. The standard InChI is InChI=1S/C21H40N4O2/c1-5-22-14-20(26)24-10-6-18(7-11-24)19-8-12-25(13-9-19)21(27)16-23(4)15-17(2)3/h17-19,22H,5-16H2,1-4H3. The molecule has 2 saturated heterocycles. The molecule has 0 bridgehead atoms. The highest BCUT2D eigenvalue weighted by Crippen LogP contribution is 2.32. The first-order valence-electron chi connectivity index (χ1n) is 10.9. The lowest BCUT2D eigenvalue weighted by Gasteiger charge is -2.40. The van der Waals surface area contributed by atoms with Crippen molar-refractivity contribution in [3.8, 4) is 0 Å². The van der Waals surface area contributed by atoms with E-state index in [0.717, 1.165) is 65.0 Å². The van der Waals surface area contributed by atoms with Crippen molar-refractivity contribution in [1.82, 2.24) is 20.0 Å². The Bertz CT molecular complexity index is 467. The number of nitrogens with zero attached hydrogens (tertiary/aromatic N) is 3. The van der Waals surface area contributed by atoms with Gasteiger partial charge in [-0.25, -0.2) is 0 Å². The summed E-state index contributed by atoms with van der Waals surface area (Å²) in [6.45, 7) is 12.8. The van der Waals surface area contributed by atoms with E-state index in [4.69, 9.17) is 0 Å². The molecule has 0 aromatic carbocycles. The van der Waals surface area contributed by atoms with E-state index in [0.29, 0.717) is 30.8 Å². The summed E-state index contributed by atoms with van der Waals surface area (Å²) in [5.74, 6) is 2.54. The van der Waals surface area contributed by atoms with Crippen molar-refractivity contribution in [1.29, 1.82) is 0 Å². The van der Waals surface area contributed by atoms with Gasteiger partial charge in [-0.15, -0.1) is 0 Å². The van der Waals surface area contributed by atoms with Crippen LogP contribution in [0, 0.1) is 17.8 Å². The van der Waals surface area contributed by atoms with E-state index < -0.39 is 0 Å². The molecule has 0 radical (unpaired) electrons. The van der Waals surface area contributed by atoms with Crippen LogP contribution >= 0.6 is 0 Å². The van der Waals surface area contributed by atoms with E-state index in [2.05, 4.69) is 29.0 Å². The van der Waals surface area contributed by atoms with Gasteiger partial charge in [-0.2, -0.15) is 0 Å². The Morgan fingerprint density at radius 1 is 0.963 bits per heavy atom. The Kier molecular flexibility index (Phi) is 9.03. The highest BCUT2D eigenvalue weighted by Gasteiger charge is 2.31. The number of piperidine rings is 2. The number of carbonyl (C=O) groups is 2. The van der Waals surface area contributed by atoms with Crippen LogP contribution in [0.15, 0.2) is 0 Å². The number of hydrogen-bond donors (Lipinski definition) is 1. The Morgan fingerprint density at radius 2 is 1.44 bits per heavy atom. The van der Waals surface area contributed by atoms with Crippen LogP contribution in [0.3, 0.4) is 0 Å². The number of likely N-dealkylation sites (tertiary alicyclic amines) is 2. The number of rotatable bonds is 8. The maximum atomic E-state index is 12.5. The molecule has 2 heterocycles. The quantitative estimate of drug-likeness (QED) is 0.696. The SMILES string of the molecule is CCNCC(=O)N1CCC(C2CCN(C(=O)CN(C)CC(C)C)CC2)CC1. The van der Waals surface area contributed by atoms with Gasteiger partial charge in [-0.3, -0.25) is 14.5 Å². The van der Waals surface area contributed by atoms with Crippen molar-refractivity contribution >= 4 is 11.8 Å². The molecule has 2 amide bonds. The molecule has 0 aromatic heterocycles. The molecule has 0 unspecified atom stereocenters. The summed E-state index contributed by atoms with van der Waals surface area (Å²) < 4.78 is 0. The molecule has 2 aliphatic heterocycles. The minimum absolute atomic E-state index is 0.237.